The minimum atomic E-state index is -0.517. The molecule has 4 aromatic rings. The third-order valence-electron chi connectivity index (χ3n) is 5.55. The molecule has 158 valence electrons. The minimum absolute atomic E-state index is 0.195. The third kappa shape index (κ3) is 3.96. The Morgan fingerprint density at radius 3 is 2.10 bits per heavy atom. The standard InChI is InChI=1S/C23H22ClN5O2/c1-14-5-7-18(11-16(14)3)22-21(24)23(19-8-6-15(2)17(4)12-19)28(26-22)13-27-10-9-20(25-27)29(30)31/h5-12H,13H2,1-4H3. The monoisotopic (exact) mass is 435 g/mol. The Morgan fingerprint density at radius 1 is 0.903 bits per heavy atom. The third-order valence-corrected chi connectivity index (χ3v) is 5.91. The summed E-state index contributed by atoms with van der Waals surface area (Å²) < 4.78 is 3.23. The maximum absolute atomic E-state index is 11.0. The van der Waals surface area contributed by atoms with Gasteiger partial charge in [0.15, 0.2) is 6.67 Å². The van der Waals surface area contributed by atoms with Crippen molar-refractivity contribution in [2.24, 2.45) is 0 Å². The number of rotatable bonds is 5. The highest BCUT2D eigenvalue weighted by Crippen LogP contribution is 2.37. The van der Waals surface area contributed by atoms with Gasteiger partial charge in [-0.05, 0) is 67.0 Å². The molecule has 0 spiro atoms. The first-order chi connectivity index (χ1) is 14.7. The van der Waals surface area contributed by atoms with Crippen LogP contribution in [0.3, 0.4) is 0 Å². The Balaban J connectivity index is 1.87. The fourth-order valence-electron chi connectivity index (χ4n) is 3.44. The first-order valence-corrected chi connectivity index (χ1v) is 10.2. The van der Waals surface area contributed by atoms with E-state index >= 15 is 0 Å². The number of nitrogens with zero attached hydrogens (tertiary/aromatic N) is 5. The van der Waals surface area contributed by atoms with Crippen LogP contribution in [0.2, 0.25) is 5.02 Å². The smallest absolute Gasteiger partial charge is 0.358 e. The van der Waals surface area contributed by atoms with E-state index in [1.807, 2.05) is 24.3 Å². The molecule has 2 aromatic carbocycles. The van der Waals surface area contributed by atoms with Crippen LogP contribution < -0.4 is 0 Å². The molecule has 8 heteroatoms. The van der Waals surface area contributed by atoms with Crippen molar-refractivity contribution in [2.45, 2.75) is 34.4 Å². The molecule has 4 rings (SSSR count). The number of aromatic nitrogens is 4. The zero-order valence-corrected chi connectivity index (χ0v) is 18.5. The lowest BCUT2D eigenvalue weighted by atomic mass is 10.0. The van der Waals surface area contributed by atoms with Crippen molar-refractivity contribution >= 4 is 17.4 Å². The van der Waals surface area contributed by atoms with Gasteiger partial charge in [-0.3, -0.25) is 0 Å². The van der Waals surface area contributed by atoms with Gasteiger partial charge in [-0.1, -0.05) is 35.9 Å². The average Bonchev–Trinajstić information content (AvgIpc) is 3.31. The van der Waals surface area contributed by atoms with Crippen LogP contribution in [-0.2, 0) is 6.67 Å². The maximum Gasteiger partial charge on any atom is 0.389 e. The van der Waals surface area contributed by atoms with Crippen LogP contribution in [0, 0.1) is 37.8 Å². The van der Waals surface area contributed by atoms with Gasteiger partial charge < -0.3 is 10.1 Å². The van der Waals surface area contributed by atoms with Crippen LogP contribution in [0.1, 0.15) is 22.3 Å². The van der Waals surface area contributed by atoms with Crippen molar-refractivity contribution in [3.05, 3.63) is 86.1 Å². The second kappa shape index (κ2) is 8.00. The predicted octanol–water partition coefficient (Wildman–Crippen LogP) is 5.71. The summed E-state index contributed by atoms with van der Waals surface area (Å²) in [4.78, 5) is 10.5. The molecular formula is C23H22ClN5O2. The van der Waals surface area contributed by atoms with Gasteiger partial charge in [-0.2, -0.15) is 9.78 Å². The molecule has 31 heavy (non-hydrogen) atoms. The summed E-state index contributed by atoms with van der Waals surface area (Å²) in [7, 11) is 0. The molecule has 0 aliphatic carbocycles. The molecule has 0 unspecified atom stereocenters. The minimum Gasteiger partial charge on any atom is -0.358 e. The zero-order chi connectivity index (χ0) is 22.3. The molecule has 0 fully saturated rings. The lowest BCUT2D eigenvalue weighted by molar-refractivity contribution is -0.389. The Hall–Kier alpha value is -3.45. The van der Waals surface area contributed by atoms with Crippen LogP contribution in [0.5, 0.6) is 0 Å². The second-order valence-corrected chi connectivity index (χ2v) is 8.10. The number of nitro groups is 1. The Kier molecular flexibility index (Phi) is 5.37. The summed E-state index contributed by atoms with van der Waals surface area (Å²) in [5, 5.41) is 20.4. The molecule has 0 radical (unpaired) electrons. The quantitative estimate of drug-likeness (QED) is 0.297. The Labute approximate surface area is 185 Å². The topological polar surface area (TPSA) is 78.8 Å². The van der Waals surface area contributed by atoms with E-state index in [0.717, 1.165) is 27.9 Å². The predicted molar refractivity (Wildman–Crippen MR) is 121 cm³/mol. The largest absolute Gasteiger partial charge is 0.389 e. The normalized spacial score (nSPS) is 11.1. The van der Waals surface area contributed by atoms with Gasteiger partial charge in [-0.15, -0.1) is 0 Å². The highest BCUT2D eigenvalue weighted by molar-refractivity contribution is 6.35. The highest BCUT2D eigenvalue weighted by atomic mass is 35.5. The van der Waals surface area contributed by atoms with Crippen molar-refractivity contribution in [1.82, 2.24) is 19.6 Å². The second-order valence-electron chi connectivity index (χ2n) is 7.72. The molecule has 0 aliphatic heterocycles. The van der Waals surface area contributed by atoms with E-state index in [0.29, 0.717) is 10.7 Å². The van der Waals surface area contributed by atoms with Crippen molar-refractivity contribution in [1.29, 1.82) is 0 Å². The van der Waals surface area contributed by atoms with Crippen molar-refractivity contribution in [3.63, 3.8) is 0 Å². The van der Waals surface area contributed by atoms with Crippen LogP contribution in [-0.4, -0.2) is 24.5 Å². The van der Waals surface area contributed by atoms with E-state index in [2.05, 4.69) is 44.9 Å². The van der Waals surface area contributed by atoms with E-state index in [-0.39, 0.29) is 12.5 Å². The summed E-state index contributed by atoms with van der Waals surface area (Å²) in [6.07, 6.45) is 1.56. The summed E-state index contributed by atoms with van der Waals surface area (Å²) in [5.74, 6) is -0.208. The van der Waals surface area contributed by atoms with Crippen molar-refractivity contribution in [2.75, 3.05) is 0 Å². The number of hydrogen-bond donors (Lipinski definition) is 0. The summed E-state index contributed by atoms with van der Waals surface area (Å²) in [6, 6.07) is 13.6. The zero-order valence-electron chi connectivity index (χ0n) is 17.8. The Bertz CT molecular complexity index is 1310. The molecule has 2 aromatic heterocycles. The summed E-state index contributed by atoms with van der Waals surface area (Å²) in [6.45, 7) is 8.41. The van der Waals surface area contributed by atoms with Gasteiger partial charge in [0.1, 0.15) is 5.69 Å². The lowest BCUT2D eigenvalue weighted by Crippen LogP contribution is -2.12. The van der Waals surface area contributed by atoms with E-state index in [1.165, 1.54) is 21.9 Å². The van der Waals surface area contributed by atoms with Gasteiger partial charge in [0.05, 0.1) is 28.1 Å². The average molecular weight is 436 g/mol. The molecule has 0 N–H and O–H groups in total. The van der Waals surface area contributed by atoms with Gasteiger partial charge >= 0.3 is 5.82 Å². The van der Waals surface area contributed by atoms with E-state index in [1.54, 1.807) is 10.9 Å². The first kappa shape index (κ1) is 20.8. The van der Waals surface area contributed by atoms with Gasteiger partial charge in [-0.25, -0.2) is 4.68 Å². The summed E-state index contributed by atoms with van der Waals surface area (Å²) >= 11 is 6.88. The molecule has 0 amide bonds. The molecule has 0 atom stereocenters. The summed E-state index contributed by atoms with van der Waals surface area (Å²) in [5.41, 5.74) is 7.93. The number of hydrogen-bond acceptors (Lipinski definition) is 4. The number of halogens is 1. The van der Waals surface area contributed by atoms with Crippen molar-refractivity contribution < 1.29 is 4.92 Å². The number of benzene rings is 2. The SMILES string of the molecule is Cc1ccc(-c2nn(Cn3ccc([N+](=O)[O-])n3)c(-c3ccc(C)c(C)c3)c2Cl)cc1C. The number of aryl methyl sites for hydroxylation is 4. The van der Waals surface area contributed by atoms with Gasteiger partial charge in [0.25, 0.3) is 0 Å². The van der Waals surface area contributed by atoms with Crippen LogP contribution in [0.25, 0.3) is 22.5 Å². The van der Waals surface area contributed by atoms with E-state index in [4.69, 9.17) is 16.7 Å². The molecule has 7 nitrogen and oxygen atoms in total. The van der Waals surface area contributed by atoms with Gasteiger partial charge in [0.2, 0.25) is 0 Å². The van der Waals surface area contributed by atoms with Crippen molar-refractivity contribution in [3.8, 4) is 22.5 Å². The fraction of sp³-hybridized carbons (Fsp3) is 0.217. The molecule has 0 aliphatic rings. The van der Waals surface area contributed by atoms with E-state index < -0.39 is 4.92 Å². The van der Waals surface area contributed by atoms with Crippen LogP contribution >= 0.6 is 11.6 Å². The molecule has 0 saturated carbocycles. The fourth-order valence-corrected chi connectivity index (χ4v) is 3.80. The highest BCUT2D eigenvalue weighted by Gasteiger charge is 2.21. The molecule has 0 saturated heterocycles. The Morgan fingerprint density at radius 2 is 1.52 bits per heavy atom. The first-order valence-electron chi connectivity index (χ1n) is 9.84. The van der Waals surface area contributed by atoms with Gasteiger partial charge in [0, 0.05) is 11.1 Å². The van der Waals surface area contributed by atoms with Crippen LogP contribution in [0.15, 0.2) is 48.7 Å². The molecule has 0 bridgehead atoms. The van der Waals surface area contributed by atoms with Crippen LogP contribution in [0.4, 0.5) is 5.82 Å². The maximum atomic E-state index is 11.0. The molecular weight excluding hydrogens is 414 g/mol. The molecule has 2 heterocycles. The lowest BCUT2D eigenvalue weighted by Gasteiger charge is -2.09. The van der Waals surface area contributed by atoms with E-state index in [9.17, 15) is 10.1 Å².